The van der Waals surface area contributed by atoms with E-state index in [1.807, 2.05) is 37.3 Å². The van der Waals surface area contributed by atoms with E-state index in [1.165, 1.54) is 108 Å². The molecule has 8 aromatic rings. The molecule has 8 rings (SSSR count). The van der Waals surface area contributed by atoms with Gasteiger partial charge in [0.25, 0.3) is 0 Å². The molecule has 0 saturated carbocycles. The van der Waals surface area contributed by atoms with Crippen molar-refractivity contribution < 1.29 is 79.0 Å². The van der Waals surface area contributed by atoms with Gasteiger partial charge >= 0.3 is 0 Å². The van der Waals surface area contributed by atoms with Crippen LogP contribution in [0.2, 0.25) is 0 Å². The maximum absolute atomic E-state index is 12.4. The van der Waals surface area contributed by atoms with E-state index in [1.54, 1.807) is 60.7 Å². The Morgan fingerprint density at radius 3 is 1.05 bits per heavy atom. The minimum atomic E-state index is -0.606. The zero-order chi connectivity index (χ0) is 58.3. The van der Waals surface area contributed by atoms with Crippen molar-refractivity contribution in [3.63, 3.8) is 0 Å². The summed E-state index contributed by atoms with van der Waals surface area (Å²) in [4.78, 5) is 48.9. The van der Waals surface area contributed by atoms with Crippen molar-refractivity contribution in [1.82, 2.24) is 0 Å². The van der Waals surface area contributed by atoms with E-state index in [0.29, 0.717) is 46.3 Å². The Balaban J connectivity index is 0.000000197. The minimum Gasteiger partial charge on any atom is -0.508 e. The number of ketones is 4. The molecular weight excluding hydrogens is 1020 g/mol. The molecule has 0 saturated heterocycles. The lowest BCUT2D eigenvalue weighted by Gasteiger charge is -2.09. The first-order valence-corrected chi connectivity index (χ1v) is 25.3. The Kier molecular flexibility index (Phi) is 22.9. The Hall–Kier alpha value is -9.96. The number of carbonyl (C=O) groups excluding carboxylic acids is 4. The van der Waals surface area contributed by atoms with Crippen molar-refractivity contribution in [2.45, 2.75) is 52.4 Å². The summed E-state index contributed by atoms with van der Waals surface area (Å²) < 4.78 is 20.5. The number of aryl methyl sites for hydroxylation is 1. The van der Waals surface area contributed by atoms with Gasteiger partial charge in [-0.2, -0.15) is 0 Å². The topological polar surface area (TPSA) is 267 Å². The molecule has 416 valence electrons. The number of hydrogen-bond donors (Lipinski definition) is 8. The Morgan fingerprint density at radius 2 is 0.675 bits per heavy atom. The number of carbonyl (C=O) groups is 4. The number of methoxy groups -OCH3 is 3. The van der Waals surface area contributed by atoms with Crippen molar-refractivity contribution >= 4 is 23.1 Å². The van der Waals surface area contributed by atoms with Crippen LogP contribution in [0.4, 0.5) is 0 Å². The molecule has 0 bridgehead atoms. The molecule has 80 heavy (non-hydrogen) atoms. The number of benzene rings is 8. The third-order valence-corrected chi connectivity index (χ3v) is 12.1. The molecule has 0 aliphatic heterocycles. The third-order valence-electron chi connectivity index (χ3n) is 12.1. The first kappa shape index (κ1) is 60.9. The normalized spacial score (nSPS) is 10.3. The summed E-state index contributed by atoms with van der Waals surface area (Å²) in [6, 6.07) is 41.5. The van der Waals surface area contributed by atoms with Crippen LogP contribution in [0.1, 0.15) is 115 Å². The van der Waals surface area contributed by atoms with Crippen molar-refractivity contribution in [1.29, 1.82) is 0 Å². The Bertz CT molecular complexity index is 3260. The smallest absolute Gasteiger partial charge is 0.200 e. The molecular formula is C64H64O16. The van der Waals surface area contributed by atoms with Crippen molar-refractivity contribution in [2.24, 2.45) is 0 Å². The quantitative estimate of drug-likeness (QED) is 0.0276. The summed E-state index contributed by atoms with van der Waals surface area (Å²) in [5.41, 5.74) is 2.87. The van der Waals surface area contributed by atoms with E-state index in [0.717, 1.165) is 30.5 Å². The fourth-order valence-corrected chi connectivity index (χ4v) is 7.68. The molecule has 8 aromatic carbocycles. The molecule has 0 spiro atoms. The van der Waals surface area contributed by atoms with Gasteiger partial charge in [0.15, 0.2) is 23.1 Å². The van der Waals surface area contributed by atoms with E-state index < -0.39 is 11.6 Å². The lowest BCUT2D eigenvalue weighted by Crippen LogP contribution is -2.02. The molecule has 0 aromatic heterocycles. The predicted molar refractivity (Wildman–Crippen MR) is 302 cm³/mol. The fourth-order valence-electron chi connectivity index (χ4n) is 7.68. The van der Waals surface area contributed by atoms with Crippen LogP contribution in [-0.2, 0) is 0 Å². The molecule has 0 amide bonds. The highest BCUT2D eigenvalue weighted by Crippen LogP contribution is 2.33. The van der Waals surface area contributed by atoms with Crippen LogP contribution in [0.5, 0.6) is 69.0 Å². The highest BCUT2D eigenvalue weighted by Gasteiger charge is 2.20. The molecule has 8 N–H and O–H groups in total. The van der Waals surface area contributed by atoms with Crippen molar-refractivity contribution in [2.75, 3.05) is 27.9 Å². The zero-order valence-corrected chi connectivity index (χ0v) is 44.9. The van der Waals surface area contributed by atoms with Gasteiger partial charge in [-0.15, -0.1) is 0 Å². The van der Waals surface area contributed by atoms with Crippen LogP contribution in [0.3, 0.4) is 0 Å². The number of ether oxygens (including phenoxy) is 4. The van der Waals surface area contributed by atoms with Gasteiger partial charge in [-0.1, -0.05) is 99.2 Å². The van der Waals surface area contributed by atoms with Crippen molar-refractivity contribution in [3.05, 3.63) is 214 Å². The van der Waals surface area contributed by atoms with Gasteiger partial charge in [-0.25, -0.2) is 0 Å². The minimum absolute atomic E-state index is 0.0377. The molecule has 0 aliphatic carbocycles. The average molecular weight is 1090 g/mol. The lowest BCUT2D eigenvalue weighted by molar-refractivity contribution is 0.102. The molecule has 16 nitrogen and oxygen atoms in total. The molecule has 0 atom stereocenters. The van der Waals surface area contributed by atoms with Gasteiger partial charge in [0, 0.05) is 47.5 Å². The number of rotatable bonds is 19. The summed E-state index contributed by atoms with van der Waals surface area (Å²) in [7, 11) is 4.44. The highest BCUT2D eigenvalue weighted by molar-refractivity contribution is 6.13. The van der Waals surface area contributed by atoms with Gasteiger partial charge < -0.3 is 59.8 Å². The molecule has 0 aliphatic rings. The number of hydrogen-bond acceptors (Lipinski definition) is 16. The summed E-state index contributed by atoms with van der Waals surface area (Å²) in [6.07, 6.45) is 7.25. The van der Waals surface area contributed by atoms with Crippen LogP contribution in [-0.4, -0.2) is 91.9 Å². The van der Waals surface area contributed by atoms with Gasteiger partial charge in [0.1, 0.15) is 69.0 Å². The first-order valence-electron chi connectivity index (χ1n) is 25.3. The summed E-state index contributed by atoms with van der Waals surface area (Å²) >= 11 is 0. The lowest BCUT2D eigenvalue weighted by atomic mass is 10.0. The van der Waals surface area contributed by atoms with Crippen LogP contribution < -0.4 is 18.9 Å². The van der Waals surface area contributed by atoms with Crippen LogP contribution >= 0.6 is 0 Å². The number of phenols is 8. The van der Waals surface area contributed by atoms with Gasteiger partial charge in [-0.05, 0) is 86.1 Å². The average Bonchev–Trinajstić information content (AvgIpc) is 3.46. The van der Waals surface area contributed by atoms with E-state index in [-0.39, 0.29) is 85.4 Å². The van der Waals surface area contributed by atoms with Gasteiger partial charge in [0.2, 0.25) is 0 Å². The molecule has 0 heterocycles. The maximum atomic E-state index is 12.4. The van der Waals surface area contributed by atoms with E-state index in [2.05, 4.69) is 6.92 Å². The molecule has 16 heteroatoms. The predicted octanol–water partition coefficient (Wildman–Crippen LogP) is 12.4. The third kappa shape index (κ3) is 17.3. The first-order chi connectivity index (χ1) is 38.4. The second-order valence-electron chi connectivity index (χ2n) is 17.9. The van der Waals surface area contributed by atoms with E-state index in [9.17, 15) is 49.8 Å². The summed E-state index contributed by atoms with van der Waals surface area (Å²) in [6.45, 7) is 4.80. The maximum Gasteiger partial charge on any atom is 0.200 e. The highest BCUT2D eigenvalue weighted by atomic mass is 16.5. The van der Waals surface area contributed by atoms with Crippen LogP contribution in [0, 0.1) is 6.92 Å². The van der Waals surface area contributed by atoms with Crippen LogP contribution in [0.25, 0.3) is 0 Å². The van der Waals surface area contributed by atoms with E-state index in [4.69, 9.17) is 29.2 Å². The van der Waals surface area contributed by atoms with Crippen LogP contribution in [0.15, 0.2) is 164 Å². The number of unbranched alkanes of at least 4 members (excludes halogenated alkanes) is 5. The SMILES string of the molecule is CCCCCCCCOc1ccc(C(=O)c2ccccc2)c(O)c1.COc1ccc(C(=O)c2ccc(C)cc2)c(O)c1.COc1ccc(C(=O)c2ccc(OC)cc2O)c(O)c1.O=C(c1ccc(O)cc1O)c1ccc(O)cc1O. The fraction of sp³-hybridized carbons (Fsp3) is 0.188. The van der Waals surface area contributed by atoms with Crippen molar-refractivity contribution in [3.8, 4) is 69.0 Å². The number of aromatic hydroxyl groups is 8. The molecule has 0 radical (unpaired) electrons. The summed E-state index contributed by atoms with van der Waals surface area (Å²) in [5.74, 6) is -1.08. The molecule has 0 fully saturated rings. The van der Waals surface area contributed by atoms with Gasteiger partial charge in [-0.3, -0.25) is 19.2 Å². The Morgan fingerprint density at radius 1 is 0.350 bits per heavy atom. The second-order valence-corrected chi connectivity index (χ2v) is 17.9. The van der Waals surface area contributed by atoms with E-state index >= 15 is 0 Å². The molecule has 0 unspecified atom stereocenters. The standard InChI is InChI=1S/C21H26O3.C15H14O5.C15H14O3.C13H10O5/c1-2-3-4-5-6-10-15-24-18-13-14-19(20(22)16-18)21(23)17-11-8-7-9-12-17;1-19-9-3-5-11(13(16)7-9)15(18)12-6-4-10(20-2)8-14(12)17;1-10-3-5-11(6-4-10)15(17)13-8-7-12(18-2)9-14(13)16;14-7-1-3-9(11(16)5-7)13(18)10-4-2-8(15)6-12(10)17/h7-9,11-14,16,22H,2-6,10,15H2,1H3;3-8,16-17H,1-2H3;3-9,16H,1-2H3;1-6,14-17H. The largest absolute Gasteiger partial charge is 0.508 e. The summed E-state index contributed by atoms with van der Waals surface area (Å²) in [5, 5.41) is 77.0. The Labute approximate surface area is 463 Å². The second kappa shape index (κ2) is 30.1. The zero-order valence-electron chi connectivity index (χ0n) is 44.9. The van der Waals surface area contributed by atoms with Gasteiger partial charge in [0.05, 0.1) is 61.3 Å². The monoisotopic (exact) mass is 1090 g/mol. The number of phenolic OH excluding ortho intramolecular Hbond substituents is 8.